The predicted octanol–water partition coefficient (Wildman–Crippen LogP) is -0.112. The third kappa shape index (κ3) is 4.41. The van der Waals surface area contributed by atoms with E-state index in [0.29, 0.717) is 30.7 Å². The van der Waals surface area contributed by atoms with Crippen LogP contribution >= 0.6 is 0 Å². The van der Waals surface area contributed by atoms with Gasteiger partial charge >= 0.3 is 11.9 Å². The molecular weight excluding hydrogens is 304 g/mol. The number of amides is 1. The summed E-state index contributed by atoms with van der Waals surface area (Å²) in [6.45, 7) is 0.489. The maximum atomic E-state index is 12.0. The topological polar surface area (TPSA) is 99.8 Å². The van der Waals surface area contributed by atoms with Gasteiger partial charge in [-0.3, -0.25) is 9.59 Å². The molecular formula is C15H18N2O6. The molecule has 124 valence electrons. The molecule has 1 aromatic heterocycles. The second-order valence-electron chi connectivity index (χ2n) is 5.20. The smallest absolute Gasteiger partial charge is 0.339 e. The van der Waals surface area contributed by atoms with E-state index in [1.807, 2.05) is 0 Å². The molecule has 2 heterocycles. The Kier molecular flexibility index (Phi) is 5.51. The first kappa shape index (κ1) is 16.7. The summed E-state index contributed by atoms with van der Waals surface area (Å²) in [6.07, 6.45) is 3.43. The molecule has 0 saturated carbocycles. The highest BCUT2D eigenvalue weighted by Gasteiger charge is 2.28. The molecule has 0 N–H and O–H groups in total. The van der Waals surface area contributed by atoms with Crippen LogP contribution in [0.15, 0.2) is 24.5 Å². The summed E-state index contributed by atoms with van der Waals surface area (Å²) in [5, 5.41) is 10.9. The number of carbonyl (C=O) groups excluding carboxylic acids is 3. The van der Waals surface area contributed by atoms with Gasteiger partial charge in [0, 0.05) is 25.2 Å². The summed E-state index contributed by atoms with van der Waals surface area (Å²) < 4.78 is 10.2. The lowest BCUT2D eigenvalue weighted by molar-refractivity contribution is -0.605. The molecule has 23 heavy (non-hydrogen) atoms. The van der Waals surface area contributed by atoms with Gasteiger partial charge in [0.2, 0.25) is 0 Å². The van der Waals surface area contributed by atoms with Crippen molar-refractivity contribution >= 4 is 17.8 Å². The highest BCUT2D eigenvalue weighted by atomic mass is 16.5. The number of nitrogens with zero attached hydrogens (tertiary/aromatic N) is 2. The molecule has 0 bridgehead atoms. The van der Waals surface area contributed by atoms with Crippen molar-refractivity contribution < 1.29 is 28.6 Å². The third-order valence-electron chi connectivity index (χ3n) is 3.75. The summed E-state index contributed by atoms with van der Waals surface area (Å²) in [7, 11) is 1.34. The van der Waals surface area contributed by atoms with Crippen LogP contribution in [0.2, 0.25) is 0 Å². The number of piperidine rings is 1. The Hall–Kier alpha value is -2.64. The van der Waals surface area contributed by atoms with Crippen LogP contribution in [0.5, 0.6) is 0 Å². The van der Waals surface area contributed by atoms with Crippen LogP contribution in [0.1, 0.15) is 23.2 Å². The van der Waals surface area contributed by atoms with Crippen LogP contribution < -0.4 is 4.73 Å². The van der Waals surface area contributed by atoms with Crippen molar-refractivity contribution in [1.82, 2.24) is 4.90 Å². The van der Waals surface area contributed by atoms with E-state index in [4.69, 9.17) is 4.74 Å². The molecule has 1 aliphatic rings. The zero-order chi connectivity index (χ0) is 16.8. The minimum absolute atomic E-state index is 0.185. The van der Waals surface area contributed by atoms with E-state index < -0.39 is 5.97 Å². The Morgan fingerprint density at radius 2 is 1.87 bits per heavy atom. The Bertz CT molecular complexity index is 578. The maximum Gasteiger partial charge on any atom is 0.339 e. The first-order valence-corrected chi connectivity index (χ1v) is 7.23. The maximum absolute atomic E-state index is 12.0. The fraction of sp³-hybridized carbons (Fsp3) is 0.467. The van der Waals surface area contributed by atoms with E-state index in [1.165, 1.54) is 31.6 Å². The van der Waals surface area contributed by atoms with Gasteiger partial charge in [-0.1, -0.05) is 0 Å². The Morgan fingerprint density at radius 1 is 1.26 bits per heavy atom. The molecule has 0 unspecified atom stereocenters. The van der Waals surface area contributed by atoms with E-state index in [0.717, 1.165) is 0 Å². The van der Waals surface area contributed by atoms with Crippen LogP contribution in [0.25, 0.3) is 0 Å². The quantitative estimate of drug-likeness (QED) is 0.435. The number of ether oxygens (including phenoxy) is 2. The number of hydrogen-bond donors (Lipinski definition) is 0. The van der Waals surface area contributed by atoms with Crippen LogP contribution in [0, 0.1) is 11.1 Å². The number of aromatic nitrogens is 1. The number of methoxy groups -OCH3 is 1. The highest BCUT2D eigenvalue weighted by Crippen LogP contribution is 2.18. The Labute approximate surface area is 133 Å². The summed E-state index contributed by atoms with van der Waals surface area (Å²) in [5.74, 6) is -1.42. The first-order chi connectivity index (χ1) is 11.0. The van der Waals surface area contributed by atoms with Crippen molar-refractivity contribution in [3.8, 4) is 0 Å². The van der Waals surface area contributed by atoms with Gasteiger partial charge in [0.1, 0.15) is 0 Å². The highest BCUT2D eigenvalue weighted by molar-refractivity contribution is 5.91. The van der Waals surface area contributed by atoms with Gasteiger partial charge < -0.3 is 19.6 Å². The van der Waals surface area contributed by atoms with Gasteiger partial charge in [-0.15, -0.1) is 0 Å². The van der Waals surface area contributed by atoms with Crippen LogP contribution in [-0.4, -0.2) is 49.6 Å². The number of pyridine rings is 1. The summed E-state index contributed by atoms with van der Waals surface area (Å²) in [6, 6.07) is 2.64. The molecule has 0 spiro atoms. The van der Waals surface area contributed by atoms with Crippen molar-refractivity contribution in [2.45, 2.75) is 12.8 Å². The second-order valence-corrected chi connectivity index (χ2v) is 5.20. The van der Waals surface area contributed by atoms with Gasteiger partial charge in [-0.25, -0.2) is 4.79 Å². The van der Waals surface area contributed by atoms with E-state index in [-0.39, 0.29) is 30.0 Å². The average molecular weight is 322 g/mol. The van der Waals surface area contributed by atoms with E-state index in [9.17, 15) is 19.6 Å². The van der Waals surface area contributed by atoms with Crippen molar-refractivity contribution in [2.75, 3.05) is 26.8 Å². The monoisotopic (exact) mass is 322 g/mol. The summed E-state index contributed by atoms with van der Waals surface area (Å²) in [5.41, 5.74) is 0.203. The van der Waals surface area contributed by atoms with Crippen LogP contribution in [-0.2, 0) is 19.1 Å². The summed E-state index contributed by atoms with van der Waals surface area (Å²) >= 11 is 0. The van der Waals surface area contributed by atoms with E-state index in [1.54, 1.807) is 4.90 Å². The minimum atomic E-state index is -0.664. The van der Waals surface area contributed by atoms with Crippen molar-refractivity contribution in [2.24, 2.45) is 5.92 Å². The summed E-state index contributed by atoms with van der Waals surface area (Å²) in [4.78, 5) is 36.7. The molecule has 2 rings (SSSR count). The van der Waals surface area contributed by atoms with Gasteiger partial charge in [-0.05, 0) is 12.8 Å². The molecule has 0 radical (unpaired) electrons. The number of carbonyl (C=O) groups is 3. The van der Waals surface area contributed by atoms with Gasteiger partial charge in [0.15, 0.2) is 19.0 Å². The number of likely N-dealkylation sites (tertiary alicyclic amines) is 1. The molecule has 1 saturated heterocycles. The first-order valence-electron chi connectivity index (χ1n) is 7.23. The molecule has 1 aliphatic heterocycles. The Balaban J connectivity index is 1.78. The van der Waals surface area contributed by atoms with Gasteiger partial charge in [0.05, 0.1) is 18.6 Å². The lowest BCUT2D eigenvalue weighted by Gasteiger charge is -2.30. The molecule has 0 aromatic carbocycles. The van der Waals surface area contributed by atoms with Gasteiger partial charge in [-0.2, -0.15) is 4.73 Å². The lowest BCUT2D eigenvalue weighted by Crippen LogP contribution is -2.42. The number of hydrogen-bond acceptors (Lipinski definition) is 6. The largest absolute Gasteiger partial charge is 0.619 e. The normalized spacial score (nSPS) is 15.1. The molecule has 8 heteroatoms. The second kappa shape index (κ2) is 7.57. The number of esters is 2. The fourth-order valence-electron chi connectivity index (χ4n) is 2.38. The molecule has 1 aromatic rings. The van der Waals surface area contributed by atoms with Crippen molar-refractivity contribution in [3.05, 3.63) is 35.3 Å². The minimum Gasteiger partial charge on any atom is -0.619 e. The molecule has 1 fully saturated rings. The number of rotatable bonds is 4. The van der Waals surface area contributed by atoms with E-state index in [2.05, 4.69) is 4.74 Å². The molecule has 8 nitrogen and oxygen atoms in total. The zero-order valence-electron chi connectivity index (χ0n) is 12.8. The lowest BCUT2D eigenvalue weighted by atomic mass is 9.97. The van der Waals surface area contributed by atoms with Crippen molar-refractivity contribution in [1.29, 1.82) is 0 Å². The molecule has 0 atom stereocenters. The zero-order valence-corrected chi connectivity index (χ0v) is 12.8. The van der Waals surface area contributed by atoms with Crippen LogP contribution in [0.4, 0.5) is 0 Å². The molecule has 1 amide bonds. The third-order valence-corrected chi connectivity index (χ3v) is 3.75. The molecule has 0 aliphatic carbocycles. The predicted molar refractivity (Wildman–Crippen MR) is 77.0 cm³/mol. The van der Waals surface area contributed by atoms with Gasteiger partial charge in [0.25, 0.3) is 5.91 Å². The average Bonchev–Trinajstić information content (AvgIpc) is 2.59. The Morgan fingerprint density at radius 3 is 2.43 bits per heavy atom. The van der Waals surface area contributed by atoms with Crippen molar-refractivity contribution in [3.63, 3.8) is 0 Å². The SMILES string of the molecule is COC(=O)C1CCN(C(=O)COC(=O)c2cc[n+]([O-])cc2)CC1. The van der Waals surface area contributed by atoms with E-state index >= 15 is 0 Å². The fourth-order valence-corrected chi connectivity index (χ4v) is 2.38. The van der Waals surface area contributed by atoms with Crippen LogP contribution in [0.3, 0.4) is 0 Å². The standard InChI is InChI=1S/C15H18N2O6/c1-22-14(19)11-2-6-16(7-3-11)13(18)10-23-15(20)12-4-8-17(21)9-5-12/h4-5,8-9,11H,2-3,6-7,10H2,1H3.